The number of carbonyl (C=O) groups excluding carboxylic acids is 2. The van der Waals surface area contributed by atoms with Crippen molar-refractivity contribution in [2.75, 3.05) is 5.32 Å². The highest BCUT2D eigenvalue weighted by atomic mass is 16.5. The molecule has 0 aliphatic heterocycles. The molecular weight excluding hydrogens is 284 g/mol. The van der Waals surface area contributed by atoms with Crippen LogP contribution in [0.15, 0.2) is 48.7 Å². The molecule has 2 amide bonds. The number of rotatable bonds is 3. The van der Waals surface area contributed by atoms with Gasteiger partial charge in [-0.25, -0.2) is 5.48 Å². The fourth-order valence-corrected chi connectivity index (χ4v) is 2.11. The van der Waals surface area contributed by atoms with Gasteiger partial charge in [0.2, 0.25) is 0 Å². The quantitative estimate of drug-likeness (QED) is 0.437. The number of hydroxylamine groups is 1. The molecule has 0 aliphatic carbocycles. The lowest BCUT2D eigenvalue weighted by Crippen LogP contribution is -2.18. The minimum absolute atomic E-state index is 0.300. The maximum absolute atomic E-state index is 12.1. The lowest BCUT2D eigenvalue weighted by atomic mass is 10.0. The number of carbonyl (C=O) groups is 2. The second-order valence-corrected chi connectivity index (χ2v) is 4.63. The van der Waals surface area contributed by atoms with Gasteiger partial charge in [-0.2, -0.15) is 5.10 Å². The van der Waals surface area contributed by atoms with Crippen molar-refractivity contribution < 1.29 is 14.8 Å². The largest absolute Gasteiger partial charge is 0.305 e. The van der Waals surface area contributed by atoms with Gasteiger partial charge in [-0.05, 0) is 35.0 Å². The van der Waals surface area contributed by atoms with Crippen molar-refractivity contribution in [3.8, 4) is 0 Å². The Labute approximate surface area is 124 Å². The number of benzene rings is 2. The normalized spacial score (nSPS) is 10.4. The molecule has 0 atom stereocenters. The maximum Gasteiger partial charge on any atom is 0.274 e. The summed E-state index contributed by atoms with van der Waals surface area (Å²) in [4.78, 5) is 23.6. The van der Waals surface area contributed by atoms with Gasteiger partial charge in [-0.15, -0.1) is 0 Å². The molecule has 1 aromatic heterocycles. The maximum atomic E-state index is 12.1. The number of hydrogen-bond donors (Lipinski definition) is 4. The van der Waals surface area contributed by atoms with E-state index in [2.05, 4.69) is 15.5 Å². The van der Waals surface area contributed by atoms with Crippen molar-refractivity contribution in [2.45, 2.75) is 0 Å². The van der Waals surface area contributed by atoms with Gasteiger partial charge in [0.1, 0.15) is 0 Å². The molecule has 0 unspecified atom stereocenters. The lowest BCUT2D eigenvalue weighted by Gasteiger charge is -2.05. The Morgan fingerprint density at radius 2 is 1.64 bits per heavy atom. The second-order valence-electron chi connectivity index (χ2n) is 4.63. The molecule has 0 saturated heterocycles. The van der Waals surface area contributed by atoms with E-state index in [0.717, 1.165) is 10.8 Å². The van der Waals surface area contributed by atoms with Crippen molar-refractivity contribution in [3.05, 3.63) is 59.8 Å². The molecule has 1 heterocycles. The van der Waals surface area contributed by atoms with Crippen LogP contribution in [-0.2, 0) is 0 Å². The first kappa shape index (κ1) is 13.8. The SMILES string of the molecule is O=C(NO)c1ccc2ccc(C(=O)Nc3cc[nH]n3)cc2c1. The van der Waals surface area contributed by atoms with Crippen molar-refractivity contribution in [2.24, 2.45) is 0 Å². The van der Waals surface area contributed by atoms with Gasteiger partial charge in [0.25, 0.3) is 11.8 Å². The van der Waals surface area contributed by atoms with Crippen LogP contribution in [0.25, 0.3) is 10.8 Å². The molecule has 0 saturated carbocycles. The predicted molar refractivity (Wildman–Crippen MR) is 79.7 cm³/mol. The van der Waals surface area contributed by atoms with Crippen LogP contribution in [0.2, 0.25) is 0 Å². The fourth-order valence-electron chi connectivity index (χ4n) is 2.11. The van der Waals surface area contributed by atoms with Crippen molar-refractivity contribution in [1.82, 2.24) is 15.7 Å². The Morgan fingerprint density at radius 1 is 0.955 bits per heavy atom. The molecule has 7 heteroatoms. The number of H-pyrrole nitrogens is 1. The molecule has 110 valence electrons. The average Bonchev–Trinajstić information content (AvgIpc) is 3.06. The number of aromatic amines is 1. The zero-order chi connectivity index (χ0) is 15.5. The summed E-state index contributed by atoms with van der Waals surface area (Å²) in [6.45, 7) is 0. The minimum Gasteiger partial charge on any atom is -0.305 e. The Morgan fingerprint density at radius 3 is 2.23 bits per heavy atom. The summed E-state index contributed by atoms with van der Waals surface area (Å²) < 4.78 is 0. The summed E-state index contributed by atoms with van der Waals surface area (Å²) in [6, 6.07) is 11.7. The Kier molecular flexibility index (Phi) is 3.55. The third-order valence-corrected chi connectivity index (χ3v) is 3.21. The van der Waals surface area contributed by atoms with E-state index in [0.29, 0.717) is 16.9 Å². The highest BCUT2D eigenvalue weighted by Crippen LogP contribution is 2.19. The van der Waals surface area contributed by atoms with Crippen LogP contribution in [0.4, 0.5) is 5.82 Å². The zero-order valence-corrected chi connectivity index (χ0v) is 11.3. The molecule has 2 aromatic carbocycles. The molecule has 0 aliphatic rings. The van der Waals surface area contributed by atoms with E-state index in [1.165, 1.54) is 0 Å². The first-order chi connectivity index (χ1) is 10.7. The molecule has 0 fully saturated rings. The van der Waals surface area contributed by atoms with Crippen LogP contribution in [0.3, 0.4) is 0 Å². The molecule has 3 rings (SSSR count). The number of nitrogens with one attached hydrogen (secondary N) is 3. The molecule has 3 aromatic rings. The molecule has 0 bridgehead atoms. The molecular formula is C15H12N4O3. The van der Waals surface area contributed by atoms with Gasteiger partial charge in [0.15, 0.2) is 5.82 Å². The highest BCUT2D eigenvalue weighted by molar-refractivity contribution is 6.06. The van der Waals surface area contributed by atoms with E-state index in [1.54, 1.807) is 54.1 Å². The summed E-state index contributed by atoms with van der Waals surface area (Å²) in [5.74, 6) is -0.474. The van der Waals surface area contributed by atoms with E-state index in [4.69, 9.17) is 5.21 Å². The predicted octanol–water partition coefficient (Wildman–Crippen LogP) is 1.93. The minimum atomic E-state index is -0.603. The van der Waals surface area contributed by atoms with Gasteiger partial charge < -0.3 is 5.32 Å². The van der Waals surface area contributed by atoms with Gasteiger partial charge in [0.05, 0.1) is 0 Å². The van der Waals surface area contributed by atoms with Crippen LogP contribution in [0, 0.1) is 0 Å². The molecule has 0 spiro atoms. The number of anilines is 1. The van der Waals surface area contributed by atoms with Crippen LogP contribution in [0.5, 0.6) is 0 Å². The second kappa shape index (κ2) is 5.66. The van der Waals surface area contributed by atoms with Crippen LogP contribution in [-0.4, -0.2) is 27.2 Å². The first-order valence-electron chi connectivity index (χ1n) is 6.47. The van der Waals surface area contributed by atoms with E-state index >= 15 is 0 Å². The number of amides is 2. The summed E-state index contributed by atoms with van der Waals surface area (Å²) >= 11 is 0. The Hall–Kier alpha value is -3.19. The average molecular weight is 296 g/mol. The molecule has 0 radical (unpaired) electrons. The Bertz CT molecular complexity index is 843. The van der Waals surface area contributed by atoms with Gasteiger partial charge in [0, 0.05) is 23.4 Å². The van der Waals surface area contributed by atoms with Crippen LogP contribution in [0.1, 0.15) is 20.7 Å². The smallest absolute Gasteiger partial charge is 0.274 e. The van der Waals surface area contributed by atoms with Crippen LogP contribution < -0.4 is 10.8 Å². The molecule has 4 N–H and O–H groups in total. The summed E-state index contributed by atoms with van der Waals surface area (Å²) in [5.41, 5.74) is 2.33. The van der Waals surface area contributed by atoms with Crippen LogP contribution >= 0.6 is 0 Å². The Balaban J connectivity index is 1.93. The highest BCUT2D eigenvalue weighted by Gasteiger charge is 2.10. The molecule has 7 nitrogen and oxygen atoms in total. The summed E-state index contributed by atoms with van der Waals surface area (Å²) in [5, 5.41) is 19.4. The van der Waals surface area contributed by atoms with Gasteiger partial charge in [-0.1, -0.05) is 12.1 Å². The lowest BCUT2D eigenvalue weighted by molar-refractivity contribution is 0.0706. The van der Waals surface area contributed by atoms with Gasteiger partial charge >= 0.3 is 0 Å². The van der Waals surface area contributed by atoms with Crippen molar-refractivity contribution in [3.63, 3.8) is 0 Å². The van der Waals surface area contributed by atoms with E-state index in [-0.39, 0.29) is 5.91 Å². The van der Waals surface area contributed by atoms with Crippen molar-refractivity contribution >= 4 is 28.4 Å². The topological polar surface area (TPSA) is 107 Å². The van der Waals surface area contributed by atoms with E-state index in [1.807, 2.05) is 0 Å². The number of fused-ring (bicyclic) bond motifs is 1. The molecule has 22 heavy (non-hydrogen) atoms. The standard InChI is InChI=1S/C15H12N4O3/c20-14(17-13-5-6-16-18-13)10-3-1-9-2-4-11(15(21)19-22)8-12(9)7-10/h1-8,22H,(H,19,21)(H2,16,17,18,20). The zero-order valence-electron chi connectivity index (χ0n) is 11.3. The van der Waals surface area contributed by atoms with E-state index < -0.39 is 5.91 Å². The number of nitrogens with zero attached hydrogens (tertiary/aromatic N) is 1. The third kappa shape index (κ3) is 2.65. The first-order valence-corrected chi connectivity index (χ1v) is 6.47. The fraction of sp³-hybridized carbons (Fsp3) is 0. The van der Waals surface area contributed by atoms with Crippen molar-refractivity contribution in [1.29, 1.82) is 0 Å². The number of aromatic nitrogens is 2. The third-order valence-electron chi connectivity index (χ3n) is 3.21. The monoisotopic (exact) mass is 296 g/mol. The number of hydrogen-bond acceptors (Lipinski definition) is 4. The van der Waals surface area contributed by atoms with Gasteiger partial charge in [-0.3, -0.25) is 19.9 Å². The summed E-state index contributed by atoms with van der Waals surface area (Å²) in [7, 11) is 0. The summed E-state index contributed by atoms with van der Waals surface area (Å²) in [6.07, 6.45) is 1.61. The van der Waals surface area contributed by atoms with E-state index in [9.17, 15) is 9.59 Å².